The number of nitrogens with two attached hydrogens (primary N) is 1. The Kier molecular flexibility index (Phi) is 4.55. The minimum absolute atomic E-state index is 0.0162. The number of carbonyl (C=O) groups excluding carboxylic acids is 1. The van der Waals surface area contributed by atoms with Crippen molar-refractivity contribution in [2.24, 2.45) is 0 Å². The number of amides is 1. The summed E-state index contributed by atoms with van der Waals surface area (Å²) in [4.78, 5) is 14.1. The van der Waals surface area contributed by atoms with Crippen molar-refractivity contribution in [1.82, 2.24) is 10.2 Å². The first-order valence-electron chi connectivity index (χ1n) is 6.32. The maximum absolute atomic E-state index is 11.9. The first kappa shape index (κ1) is 12.9. The molecule has 1 fully saturated rings. The number of hydrogen-bond donors (Lipinski definition) is 3. The van der Waals surface area contributed by atoms with Gasteiger partial charge in [-0.1, -0.05) is 6.07 Å². The Morgan fingerprint density at radius 1 is 1.39 bits per heavy atom. The molecule has 0 bridgehead atoms. The molecule has 1 aromatic carbocycles. The quantitative estimate of drug-likeness (QED) is 0.681. The third-order valence-electron chi connectivity index (χ3n) is 2.97. The number of nitrogen functional groups attached to an aromatic ring is 1. The molecule has 1 aliphatic heterocycles. The number of benzene rings is 1. The Morgan fingerprint density at radius 3 is 3.11 bits per heavy atom. The highest BCUT2D eigenvalue weighted by molar-refractivity contribution is 5.92. The molecule has 1 aliphatic rings. The highest BCUT2D eigenvalue weighted by Crippen LogP contribution is 2.11. The summed E-state index contributed by atoms with van der Waals surface area (Å²) in [6, 6.07) is 7.25. The number of carbonyl (C=O) groups is 1. The average molecular weight is 248 g/mol. The summed E-state index contributed by atoms with van der Waals surface area (Å²) in [7, 11) is 0. The Labute approximate surface area is 107 Å². The minimum atomic E-state index is 0.0162. The summed E-state index contributed by atoms with van der Waals surface area (Å²) < 4.78 is 0. The van der Waals surface area contributed by atoms with Crippen LogP contribution in [0.15, 0.2) is 24.3 Å². The van der Waals surface area contributed by atoms with E-state index in [0.29, 0.717) is 12.2 Å². The maximum atomic E-state index is 11.9. The van der Waals surface area contributed by atoms with Crippen LogP contribution in [0.2, 0.25) is 0 Å². The van der Waals surface area contributed by atoms with Crippen LogP contribution in [0.4, 0.5) is 11.4 Å². The van der Waals surface area contributed by atoms with Crippen molar-refractivity contribution in [3.8, 4) is 0 Å². The molecule has 0 atom stereocenters. The first-order valence-corrected chi connectivity index (χ1v) is 6.32. The lowest BCUT2D eigenvalue weighted by molar-refractivity contribution is -0.117. The molecule has 18 heavy (non-hydrogen) atoms. The molecule has 0 unspecified atom stereocenters. The molecular formula is C13H20N4O. The molecule has 98 valence electrons. The van der Waals surface area contributed by atoms with Crippen molar-refractivity contribution in [1.29, 1.82) is 0 Å². The number of rotatable bonds is 3. The van der Waals surface area contributed by atoms with E-state index in [4.69, 9.17) is 5.73 Å². The Hall–Kier alpha value is -1.59. The van der Waals surface area contributed by atoms with E-state index in [1.165, 1.54) is 0 Å². The van der Waals surface area contributed by atoms with Gasteiger partial charge >= 0.3 is 0 Å². The molecular weight excluding hydrogens is 228 g/mol. The van der Waals surface area contributed by atoms with Crippen molar-refractivity contribution < 1.29 is 4.79 Å². The van der Waals surface area contributed by atoms with Crippen LogP contribution in [0.3, 0.4) is 0 Å². The van der Waals surface area contributed by atoms with Gasteiger partial charge in [-0.3, -0.25) is 9.69 Å². The van der Waals surface area contributed by atoms with Crippen molar-refractivity contribution in [3.05, 3.63) is 24.3 Å². The fourth-order valence-electron chi connectivity index (χ4n) is 2.08. The highest BCUT2D eigenvalue weighted by Gasteiger charge is 2.12. The fraction of sp³-hybridized carbons (Fsp3) is 0.462. The van der Waals surface area contributed by atoms with Crippen molar-refractivity contribution >= 4 is 17.3 Å². The molecule has 0 saturated carbocycles. The summed E-state index contributed by atoms with van der Waals surface area (Å²) >= 11 is 0. The van der Waals surface area contributed by atoms with E-state index in [0.717, 1.165) is 38.3 Å². The fourth-order valence-corrected chi connectivity index (χ4v) is 2.08. The molecule has 1 heterocycles. The largest absolute Gasteiger partial charge is 0.399 e. The Morgan fingerprint density at radius 2 is 2.28 bits per heavy atom. The maximum Gasteiger partial charge on any atom is 0.238 e. The van der Waals surface area contributed by atoms with Gasteiger partial charge in [0.05, 0.1) is 6.54 Å². The summed E-state index contributed by atoms with van der Waals surface area (Å²) in [6.45, 7) is 4.32. The molecule has 5 nitrogen and oxygen atoms in total. The smallest absolute Gasteiger partial charge is 0.238 e. The van der Waals surface area contributed by atoms with Gasteiger partial charge in [-0.2, -0.15) is 0 Å². The predicted molar refractivity (Wildman–Crippen MR) is 73.4 cm³/mol. The first-order chi connectivity index (χ1) is 8.74. The molecule has 1 aromatic rings. The van der Waals surface area contributed by atoms with Crippen LogP contribution in [0.1, 0.15) is 6.42 Å². The van der Waals surface area contributed by atoms with E-state index >= 15 is 0 Å². The van der Waals surface area contributed by atoms with E-state index in [2.05, 4.69) is 15.5 Å². The van der Waals surface area contributed by atoms with Gasteiger partial charge in [0.1, 0.15) is 0 Å². The number of nitrogens with one attached hydrogen (secondary N) is 2. The van der Waals surface area contributed by atoms with Gasteiger partial charge in [0, 0.05) is 24.5 Å². The van der Waals surface area contributed by atoms with Crippen molar-refractivity contribution in [3.63, 3.8) is 0 Å². The van der Waals surface area contributed by atoms with Crippen LogP contribution in [-0.4, -0.2) is 43.5 Å². The molecule has 2 rings (SSSR count). The van der Waals surface area contributed by atoms with Gasteiger partial charge in [-0.05, 0) is 37.7 Å². The SMILES string of the molecule is Nc1cccc(NC(=O)CN2CCCNCC2)c1. The average Bonchev–Trinajstić information content (AvgIpc) is 2.57. The number of hydrogen-bond acceptors (Lipinski definition) is 4. The van der Waals surface area contributed by atoms with E-state index in [1.807, 2.05) is 12.1 Å². The minimum Gasteiger partial charge on any atom is -0.399 e. The Balaban J connectivity index is 1.84. The van der Waals surface area contributed by atoms with Gasteiger partial charge in [0.25, 0.3) is 0 Å². The third kappa shape index (κ3) is 4.01. The molecule has 1 amide bonds. The summed E-state index contributed by atoms with van der Waals surface area (Å²) in [6.07, 6.45) is 1.09. The van der Waals surface area contributed by atoms with Gasteiger partial charge in [-0.25, -0.2) is 0 Å². The molecule has 4 N–H and O–H groups in total. The summed E-state index contributed by atoms with van der Waals surface area (Å²) in [5, 5.41) is 6.19. The van der Waals surface area contributed by atoms with E-state index in [-0.39, 0.29) is 5.91 Å². The molecule has 5 heteroatoms. The zero-order valence-electron chi connectivity index (χ0n) is 10.5. The second-order valence-electron chi connectivity index (χ2n) is 4.55. The van der Waals surface area contributed by atoms with Gasteiger partial charge < -0.3 is 16.4 Å². The topological polar surface area (TPSA) is 70.4 Å². The van der Waals surface area contributed by atoms with Crippen LogP contribution in [0.5, 0.6) is 0 Å². The van der Waals surface area contributed by atoms with Crippen LogP contribution < -0.4 is 16.4 Å². The molecule has 0 radical (unpaired) electrons. The van der Waals surface area contributed by atoms with Crippen LogP contribution in [-0.2, 0) is 4.79 Å². The number of anilines is 2. The van der Waals surface area contributed by atoms with Gasteiger partial charge in [0.15, 0.2) is 0 Å². The highest BCUT2D eigenvalue weighted by atomic mass is 16.2. The predicted octanol–water partition coefficient (Wildman–Crippen LogP) is 0.503. The monoisotopic (exact) mass is 248 g/mol. The zero-order chi connectivity index (χ0) is 12.8. The third-order valence-corrected chi connectivity index (χ3v) is 2.97. The summed E-state index contributed by atoms with van der Waals surface area (Å²) in [5.74, 6) is 0.0162. The van der Waals surface area contributed by atoms with Gasteiger partial charge in [-0.15, -0.1) is 0 Å². The Bertz CT molecular complexity index is 400. The van der Waals surface area contributed by atoms with E-state index in [9.17, 15) is 4.79 Å². The zero-order valence-corrected chi connectivity index (χ0v) is 10.5. The lowest BCUT2D eigenvalue weighted by atomic mass is 10.3. The van der Waals surface area contributed by atoms with Crippen molar-refractivity contribution in [2.75, 3.05) is 43.8 Å². The van der Waals surface area contributed by atoms with Gasteiger partial charge in [0.2, 0.25) is 5.91 Å². The lowest BCUT2D eigenvalue weighted by Gasteiger charge is -2.18. The molecule has 0 spiro atoms. The van der Waals surface area contributed by atoms with Crippen LogP contribution in [0.25, 0.3) is 0 Å². The second-order valence-corrected chi connectivity index (χ2v) is 4.55. The van der Waals surface area contributed by atoms with Crippen LogP contribution >= 0.6 is 0 Å². The standard InChI is InChI=1S/C13H20N4O/c14-11-3-1-4-12(9-11)16-13(18)10-17-7-2-5-15-6-8-17/h1,3-4,9,15H,2,5-8,10,14H2,(H,16,18). The molecule has 0 aliphatic carbocycles. The normalized spacial score (nSPS) is 17.1. The van der Waals surface area contributed by atoms with E-state index in [1.54, 1.807) is 12.1 Å². The van der Waals surface area contributed by atoms with Crippen LogP contribution in [0, 0.1) is 0 Å². The van der Waals surface area contributed by atoms with E-state index < -0.39 is 0 Å². The summed E-state index contributed by atoms with van der Waals surface area (Å²) in [5.41, 5.74) is 7.09. The lowest BCUT2D eigenvalue weighted by Crippen LogP contribution is -2.35. The second kappa shape index (κ2) is 6.37. The molecule has 0 aromatic heterocycles. The number of nitrogens with zero attached hydrogens (tertiary/aromatic N) is 1. The molecule has 1 saturated heterocycles. The van der Waals surface area contributed by atoms with Crippen molar-refractivity contribution in [2.45, 2.75) is 6.42 Å².